The van der Waals surface area contributed by atoms with E-state index in [1.165, 1.54) is 6.33 Å². The van der Waals surface area contributed by atoms with E-state index in [4.69, 9.17) is 4.52 Å². The summed E-state index contributed by atoms with van der Waals surface area (Å²) in [5.74, 6) is 0.943. The maximum absolute atomic E-state index is 11.5. The number of hydrogen-bond donors (Lipinski definition) is 0. The highest BCUT2D eigenvalue weighted by Gasteiger charge is 2.13. The minimum atomic E-state index is -1.22. The van der Waals surface area contributed by atoms with Gasteiger partial charge >= 0.3 is 0 Å². The van der Waals surface area contributed by atoms with Crippen molar-refractivity contribution in [1.82, 2.24) is 24.9 Å². The summed E-state index contributed by atoms with van der Waals surface area (Å²) < 4.78 is 18.4. The highest BCUT2D eigenvalue weighted by Crippen LogP contribution is 2.17. The Labute approximate surface area is 123 Å². The maximum Gasteiger partial charge on any atom is 0.247 e. The lowest BCUT2D eigenvalue weighted by molar-refractivity contribution is 0.367. The first-order chi connectivity index (χ1) is 10.1. The molecule has 108 valence electrons. The molecule has 1 atom stereocenters. The van der Waals surface area contributed by atoms with Crippen molar-refractivity contribution in [2.24, 2.45) is 0 Å². The van der Waals surface area contributed by atoms with Gasteiger partial charge in [-0.25, -0.2) is 0 Å². The summed E-state index contributed by atoms with van der Waals surface area (Å²) in [6.07, 6.45) is 3.04. The predicted molar refractivity (Wildman–Crippen MR) is 75.9 cm³/mol. The molecule has 0 spiro atoms. The van der Waals surface area contributed by atoms with E-state index in [9.17, 15) is 4.21 Å². The number of aryl methyl sites for hydroxylation is 1. The van der Waals surface area contributed by atoms with Crippen LogP contribution < -0.4 is 0 Å². The van der Waals surface area contributed by atoms with E-state index in [1.807, 2.05) is 31.2 Å². The number of aromatic nitrogens is 5. The van der Waals surface area contributed by atoms with E-state index < -0.39 is 10.8 Å². The van der Waals surface area contributed by atoms with Gasteiger partial charge in [-0.05, 0) is 13.0 Å². The van der Waals surface area contributed by atoms with Gasteiger partial charge in [-0.15, -0.1) is 10.2 Å². The molecule has 8 heteroatoms. The third kappa shape index (κ3) is 2.89. The molecule has 0 saturated heterocycles. The number of hydrogen-bond acceptors (Lipinski definition) is 6. The molecule has 2 aromatic heterocycles. The summed E-state index contributed by atoms with van der Waals surface area (Å²) in [6, 6.07) is 7.86. The van der Waals surface area contributed by atoms with Crippen molar-refractivity contribution < 1.29 is 8.73 Å². The van der Waals surface area contributed by atoms with Crippen LogP contribution in [0.15, 0.2) is 40.3 Å². The zero-order valence-corrected chi connectivity index (χ0v) is 12.4. The van der Waals surface area contributed by atoms with Gasteiger partial charge in [0.1, 0.15) is 12.9 Å². The molecule has 0 amide bonds. The fourth-order valence-corrected chi connectivity index (χ4v) is 2.55. The van der Waals surface area contributed by atoms with Crippen LogP contribution in [-0.2, 0) is 17.3 Å². The minimum Gasteiger partial charge on any atom is -0.337 e. The molecular weight excluding hydrogens is 290 g/mol. The van der Waals surface area contributed by atoms with E-state index in [0.29, 0.717) is 23.4 Å². The van der Waals surface area contributed by atoms with Gasteiger partial charge in [0.2, 0.25) is 16.9 Å². The first kappa shape index (κ1) is 13.6. The van der Waals surface area contributed by atoms with E-state index in [1.54, 1.807) is 10.8 Å². The predicted octanol–water partition coefficient (Wildman–Crippen LogP) is 1.42. The Morgan fingerprint density at radius 3 is 3.00 bits per heavy atom. The lowest BCUT2D eigenvalue weighted by Gasteiger charge is -1.99. The second kappa shape index (κ2) is 5.57. The Kier molecular flexibility index (Phi) is 3.61. The van der Waals surface area contributed by atoms with Crippen LogP contribution in [0.3, 0.4) is 0 Å². The summed E-state index contributed by atoms with van der Waals surface area (Å²) in [4.78, 5) is 4.34. The second-order valence-corrected chi connectivity index (χ2v) is 5.85. The van der Waals surface area contributed by atoms with Crippen LogP contribution in [0.1, 0.15) is 11.5 Å². The molecule has 0 bridgehead atoms. The van der Waals surface area contributed by atoms with Gasteiger partial charge in [-0.1, -0.05) is 28.9 Å². The summed E-state index contributed by atoms with van der Waals surface area (Å²) in [5.41, 5.74) is 2.02. The quantitative estimate of drug-likeness (QED) is 0.724. The molecule has 2 heterocycles. The SMILES string of the molecule is Cc1cccc(-c2noc(Cn3cnnc3S(C)=O)n2)c1. The molecule has 0 fully saturated rings. The highest BCUT2D eigenvalue weighted by atomic mass is 32.2. The van der Waals surface area contributed by atoms with E-state index in [-0.39, 0.29) is 0 Å². The zero-order chi connectivity index (χ0) is 14.8. The molecule has 0 saturated carbocycles. The van der Waals surface area contributed by atoms with Crippen LogP contribution in [0.25, 0.3) is 11.4 Å². The van der Waals surface area contributed by atoms with Crippen LogP contribution in [0.4, 0.5) is 0 Å². The molecular formula is C13H13N5O2S. The highest BCUT2D eigenvalue weighted by molar-refractivity contribution is 7.84. The van der Waals surface area contributed by atoms with Crippen molar-refractivity contribution in [3.63, 3.8) is 0 Å². The normalized spacial score (nSPS) is 12.5. The molecule has 3 aromatic rings. The lowest BCUT2D eigenvalue weighted by atomic mass is 10.1. The van der Waals surface area contributed by atoms with Gasteiger partial charge in [0.25, 0.3) is 0 Å². The average Bonchev–Trinajstić information content (AvgIpc) is 3.08. The topological polar surface area (TPSA) is 86.7 Å². The summed E-state index contributed by atoms with van der Waals surface area (Å²) in [5, 5.41) is 11.9. The van der Waals surface area contributed by atoms with E-state index in [0.717, 1.165) is 11.1 Å². The lowest BCUT2D eigenvalue weighted by Crippen LogP contribution is -2.05. The Morgan fingerprint density at radius 1 is 1.38 bits per heavy atom. The van der Waals surface area contributed by atoms with Crippen LogP contribution in [0, 0.1) is 6.92 Å². The Bertz CT molecular complexity index is 795. The van der Waals surface area contributed by atoms with Crippen molar-refractivity contribution in [3.8, 4) is 11.4 Å². The van der Waals surface area contributed by atoms with Gasteiger partial charge in [-0.2, -0.15) is 4.98 Å². The molecule has 0 aliphatic heterocycles. The summed E-state index contributed by atoms with van der Waals surface area (Å²) in [6.45, 7) is 2.30. The number of benzene rings is 1. The van der Waals surface area contributed by atoms with Crippen LogP contribution in [-0.4, -0.2) is 35.4 Å². The summed E-state index contributed by atoms with van der Waals surface area (Å²) in [7, 11) is -1.22. The van der Waals surface area contributed by atoms with Crippen LogP contribution >= 0.6 is 0 Å². The second-order valence-electron chi connectivity index (χ2n) is 4.58. The fourth-order valence-electron chi connectivity index (χ4n) is 1.94. The molecule has 7 nitrogen and oxygen atoms in total. The maximum atomic E-state index is 11.5. The first-order valence-corrected chi connectivity index (χ1v) is 7.80. The van der Waals surface area contributed by atoms with Crippen molar-refractivity contribution in [1.29, 1.82) is 0 Å². The third-order valence-electron chi connectivity index (χ3n) is 2.89. The average molecular weight is 303 g/mol. The molecule has 0 radical (unpaired) electrons. The molecule has 0 aliphatic carbocycles. The van der Waals surface area contributed by atoms with Crippen molar-refractivity contribution in [2.45, 2.75) is 18.6 Å². The van der Waals surface area contributed by atoms with Crippen molar-refractivity contribution in [3.05, 3.63) is 42.0 Å². The van der Waals surface area contributed by atoms with Crippen LogP contribution in [0.2, 0.25) is 0 Å². The number of rotatable bonds is 4. The van der Waals surface area contributed by atoms with Gasteiger partial charge in [0.05, 0.1) is 10.8 Å². The van der Waals surface area contributed by atoms with E-state index >= 15 is 0 Å². The summed E-state index contributed by atoms with van der Waals surface area (Å²) >= 11 is 0. The van der Waals surface area contributed by atoms with Gasteiger partial charge < -0.3 is 4.52 Å². The number of nitrogens with zero attached hydrogens (tertiary/aromatic N) is 5. The Balaban J connectivity index is 1.85. The smallest absolute Gasteiger partial charge is 0.247 e. The van der Waals surface area contributed by atoms with Crippen molar-refractivity contribution in [2.75, 3.05) is 6.26 Å². The van der Waals surface area contributed by atoms with Gasteiger partial charge in [0, 0.05) is 11.8 Å². The largest absolute Gasteiger partial charge is 0.337 e. The zero-order valence-electron chi connectivity index (χ0n) is 11.6. The molecule has 21 heavy (non-hydrogen) atoms. The molecule has 0 N–H and O–H groups in total. The molecule has 3 rings (SSSR count). The Hall–Kier alpha value is -2.35. The third-order valence-corrected chi connectivity index (χ3v) is 3.72. The monoisotopic (exact) mass is 303 g/mol. The first-order valence-electron chi connectivity index (χ1n) is 6.24. The van der Waals surface area contributed by atoms with Crippen molar-refractivity contribution >= 4 is 10.8 Å². The fraction of sp³-hybridized carbons (Fsp3) is 0.231. The molecule has 0 aliphatic rings. The minimum absolute atomic E-state index is 0.292. The van der Waals surface area contributed by atoms with Gasteiger partial charge in [-0.3, -0.25) is 8.78 Å². The van der Waals surface area contributed by atoms with Crippen LogP contribution in [0.5, 0.6) is 0 Å². The van der Waals surface area contributed by atoms with Gasteiger partial charge in [0.15, 0.2) is 0 Å². The van der Waals surface area contributed by atoms with E-state index in [2.05, 4.69) is 20.3 Å². The molecule has 1 unspecified atom stereocenters. The molecule has 1 aromatic carbocycles. The Morgan fingerprint density at radius 2 is 2.24 bits per heavy atom. The standard InChI is InChI=1S/C13H13N5O2S/c1-9-4-3-5-10(6-9)12-15-11(20-17-12)7-18-8-14-16-13(18)21(2)19/h3-6,8H,7H2,1-2H3.